The monoisotopic (exact) mass is 360 g/mol. The van der Waals surface area contributed by atoms with E-state index in [1.807, 2.05) is 4.90 Å². The Morgan fingerprint density at radius 2 is 2.28 bits per heavy atom. The molecule has 2 atom stereocenters. The second-order valence-electron chi connectivity index (χ2n) is 6.84. The Kier molecular flexibility index (Phi) is 5.33. The number of alkyl halides is 3. The molecule has 9 heteroatoms. The number of nitrogens with zero attached hydrogens (tertiary/aromatic N) is 3. The van der Waals surface area contributed by atoms with Gasteiger partial charge in [0.1, 0.15) is 6.54 Å². The highest BCUT2D eigenvalue weighted by molar-refractivity contribution is 5.78. The van der Waals surface area contributed by atoms with E-state index in [4.69, 9.17) is 4.74 Å². The molecule has 25 heavy (non-hydrogen) atoms. The van der Waals surface area contributed by atoms with Crippen molar-refractivity contribution in [3.8, 4) is 0 Å². The Hall–Kier alpha value is -1.61. The van der Waals surface area contributed by atoms with Gasteiger partial charge in [0.15, 0.2) is 0 Å². The van der Waals surface area contributed by atoms with Crippen LogP contribution < -0.4 is 0 Å². The number of morpholine rings is 1. The lowest BCUT2D eigenvalue weighted by Crippen LogP contribution is -2.51. The van der Waals surface area contributed by atoms with E-state index >= 15 is 0 Å². The largest absolute Gasteiger partial charge is 0.406 e. The second kappa shape index (κ2) is 7.33. The highest BCUT2D eigenvalue weighted by Gasteiger charge is 2.41. The topological polar surface area (TPSA) is 61.5 Å². The van der Waals surface area contributed by atoms with E-state index in [9.17, 15) is 18.0 Å². The van der Waals surface area contributed by atoms with Gasteiger partial charge in [0, 0.05) is 30.9 Å². The van der Waals surface area contributed by atoms with Crippen LogP contribution in [-0.2, 0) is 9.53 Å². The first-order valence-corrected chi connectivity index (χ1v) is 8.52. The Balaban J connectivity index is 1.61. The van der Waals surface area contributed by atoms with Crippen LogP contribution >= 0.6 is 0 Å². The molecule has 1 N–H and O–H groups in total. The van der Waals surface area contributed by atoms with Crippen molar-refractivity contribution in [1.82, 2.24) is 20.0 Å². The van der Waals surface area contributed by atoms with Crippen LogP contribution in [0.5, 0.6) is 0 Å². The van der Waals surface area contributed by atoms with Crippen LogP contribution in [0.2, 0.25) is 0 Å². The number of carbonyl (C=O) groups is 1. The molecule has 2 heterocycles. The van der Waals surface area contributed by atoms with Crippen molar-refractivity contribution in [3.63, 3.8) is 0 Å². The zero-order valence-electron chi connectivity index (χ0n) is 14.1. The number of amides is 1. The molecule has 3 rings (SSSR count). The van der Waals surface area contributed by atoms with Crippen molar-refractivity contribution in [2.45, 2.75) is 38.1 Å². The standard InChI is InChI=1S/C16H23F3N4O2/c1-11(12-2-3-12)23(10-16(17,18)19)15(24)9-22-4-5-25-14(8-22)13-6-20-21-7-13/h6-7,11-12,14H,2-5,8-10H2,1H3,(H,20,21). The SMILES string of the molecule is CC(C1CC1)N(CC(F)(F)F)C(=O)CN1CCOC(c2cn[nH]c2)C1. The maximum atomic E-state index is 12.9. The van der Waals surface area contributed by atoms with Crippen molar-refractivity contribution in [1.29, 1.82) is 0 Å². The molecule has 1 aromatic heterocycles. The van der Waals surface area contributed by atoms with Gasteiger partial charge >= 0.3 is 6.18 Å². The molecule has 2 unspecified atom stereocenters. The quantitative estimate of drug-likeness (QED) is 0.843. The first-order chi connectivity index (χ1) is 11.8. The maximum Gasteiger partial charge on any atom is 0.406 e. The predicted octanol–water partition coefficient (Wildman–Crippen LogP) is 1.97. The van der Waals surface area contributed by atoms with Gasteiger partial charge in [-0.25, -0.2) is 0 Å². The lowest BCUT2D eigenvalue weighted by atomic mass is 10.1. The lowest BCUT2D eigenvalue weighted by Gasteiger charge is -2.35. The predicted molar refractivity (Wildman–Crippen MR) is 83.7 cm³/mol. The van der Waals surface area contributed by atoms with Gasteiger partial charge in [-0.2, -0.15) is 18.3 Å². The highest BCUT2D eigenvalue weighted by Crippen LogP contribution is 2.36. The average Bonchev–Trinajstić information content (AvgIpc) is 3.25. The van der Waals surface area contributed by atoms with E-state index < -0.39 is 18.6 Å². The number of aromatic nitrogens is 2. The van der Waals surface area contributed by atoms with Crippen LogP contribution in [0.4, 0.5) is 13.2 Å². The number of hydrogen-bond acceptors (Lipinski definition) is 4. The number of carbonyl (C=O) groups excluding carboxylic acids is 1. The van der Waals surface area contributed by atoms with Gasteiger partial charge in [0.2, 0.25) is 5.91 Å². The summed E-state index contributed by atoms with van der Waals surface area (Å²) in [4.78, 5) is 15.4. The molecule has 1 amide bonds. The van der Waals surface area contributed by atoms with Crippen LogP contribution in [0, 0.1) is 5.92 Å². The minimum absolute atomic E-state index is 0.0230. The third-order valence-corrected chi connectivity index (χ3v) is 4.87. The summed E-state index contributed by atoms with van der Waals surface area (Å²) in [5.41, 5.74) is 0.871. The van der Waals surface area contributed by atoms with Crippen LogP contribution in [0.25, 0.3) is 0 Å². The number of ether oxygens (including phenoxy) is 1. The van der Waals surface area contributed by atoms with Gasteiger partial charge in [-0.1, -0.05) is 0 Å². The molecule has 2 aliphatic rings. The van der Waals surface area contributed by atoms with E-state index in [1.54, 1.807) is 19.3 Å². The van der Waals surface area contributed by atoms with Gasteiger partial charge in [-0.15, -0.1) is 0 Å². The zero-order valence-corrected chi connectivity index (χ0v) is 14.1. The molecule has 0 radical (unpaired) electrons. The molecular formula is C16H23F3N4O2. The number of H-pyrrole nitrogens is 1. The summed E-state index contributed by atoms with van der Waals surface area (Å²) < 4.78 is 44.4. The van der Waals surface area contributed by atoms with Gasteiger partial charge < -0.3 is 9.64 Å². The number of nitrogens with one attached hydrogen (secondary N) is 1. The van der Waals surface area contributed by atoms with Crippen LogP contribution in [0.15, 0.2) is 12.4 Å². The van der Waals surface area contributed by atoms with Gasteiger partial charge in [0.05, 0.1) is 25.5 Å². The Morgan fingerprint density at radius 1 is 1.52 bits per heavy atom. The number of halogens is 3. The fourth-order valence-corrected chi connectivity index (χ4v) is 3.25. The minimum Gasteiger partial charge on any atom is -0.371 e. The number of hydrogen-bond donors (Lipinski definition) is 1. The van der Waals surface area contributed by atoms with Crippen molar-refractivity contribution in [2.75, 3.05) is 32.8 Å². The van der Waals surface area contributed by atoms with Crippen LogP contribution in [0.3, 0.4) is 0 Å². The van der Waals surface area contributed by atoms with Crippen molar-refractivity contribution in [2.24, 2.45) is 5.92 Å². The van der Waals surface area contributed by atoms with E-state index in [1.165, 1.54) is 0 Å². The summed E-state index contributed by atoms with van der Waals surface area (Å²) in [6, 6.07) is -0.375. The second-order valence-corrected chi connectivity index (χ2v) is 6.84. The summed E-state index contributed by atoms with van der Waals surface area (Å²) in [5, 5.41) is 6.59. The van der Waals surface area contributed by atoms with Crippen molar-refractivity contribution < 1.29 is 22.7 Å². The third-order valence-electron chi connectivity index (χ3n) is 4.87. The smallest absolute Gasteiger partial charge is 0.371 e. The molecular weight excluding hydrogens is 337 g/mol. The maximum absolute atomic E-state index is 12.9. The molecule has 0 spiro atoms. The third kappa shape index (κ3) is 4.94. The Labute approximate surface area is 144 Å². The lowest BCUT2D eigenvalue weighted by molar-refractivity contribution is -0.167. The summed E-state index contributed by atoms with van der Waals surface area (Å²) in [6.45, 7) is 1.93. The molecule has 140 valence electrons. The van der Waals surface area contributed by atoms with E-state index in [2.05, 4.69) is 10.2 Å². The molecule has 1 aliphatic heterocycles. The summed E-state index contributed by atoms with van der Waals surface area (Å²) in [6.07, 6.45) is 0.550. The highest BCUT2D eigenvalue weighted by atomic mass is 19.4. The fourth-order valence-electron chi connectivity index (χ4n) is 3.25. The molecule has 6 nitrogen and oxygen atoms in total. The fraction of sp³-hybridized carbons (Fsp3) is 0.750. The zero-order chi connectivity index (χ0) is 18.0. The van der Waals surface area contributed by atoms with E-state index in [0.29, 0.717) is 19.7 Å². The Bertz CT molecular complexity index is 574. The molecule has 1 aromatic rings. The van der Waals surface area contributed by atoms with Gasteiger partial charge in [0.25, 0.3) is 0 Å². The van der Waals surface area contributed by atoms with E-state index in [0.717, 1.165) is 23.3 Å². The summed E-state index contributed by atoms with van der Waals surface area (Å²) >= 11 is 0. The summed E-state index contributed by atoms with van der Waals surface area (Å²) in [5.74, 6) is -0.278. The van der Waals surface area contributed by atoms with Gasteiger partial charge in [-0.3, -0.25) is 14.8 Å². The average molecular weight is 360 g/mol. The first kappa shape index (κ1) is 18.2. The molecule has 2 fully saturated rings. The van der Waals surface area contributed by atoms with Crippen molar-refractivity contribution >= 4 is 5.91 Å². The number of rotatable bonds is 6. The van der Waals surface area contributed by atoms with Gasteiger partial charge in [-0.05, 0) is 25.7 Å². The molecule has 1 saturated heterocycles. The van der Waals surface area contributed by atoms with Crippen LogP contribution in [-0.4, -0.2) is 70.9 Å². The molecule has 0 bridgehead atoms. The van der Waals surface area contributed by atoms with Crippen molar-refractivity contribution in [3.05, 3.63) is 18.0 Å². The molecule has 1 saturated carbocycles. The van der Waals surface area contributed by atoms with Crippen LogP contribution in [0.1, 0.15) is 31.4 Å². The number of aromatic amines is 1. The minimum atomic E-state index is -4.39. The summed E-state index contributed by atoms with van der Waals surface area (Å²) in [7, 11) is 0. The Morgan fingerprint density at radius 3 is 2.88 bits per heavy atom. The molecule has 0 aromatic carbocycles. The van der Waals surface area contributed by atoms with E-state index in [-0.39, 0.29) is 24.6 Å². The normalized spacial score (nSPS) is 23.4. The first-order valence-electron chi connectivity index (χ1n) is 8.52. The molecule has 1 aliphatic carbocycles.